The molecule has 1 unspecified atom stereocenters. The Morgan fingerprint density at radius 1 is 1.50 bits per heavy atom. The van der Waals surface area contributed by atoms with Gasteiger partial charge in [-0.1, -0.05) is 19.4 Å². The van der Waals surface area contributed by atoms with E-state index in [1.54, 1.807) is 0 Å². The Morgan fingerprint density at radius 2 is 2.38 bits per heavy atom. The Kier molecular flexibility index (Phi) is 3.78. The van der Waals surface area contributed by atoms with E-state index in [9.17, 15) is 5.11 Å². The lowest BCUT2D eigenvalue weighted by Crippen LogP contribution is -2.00. The van der Waals surface area contributed by atoms with E-state index in [-0.39, 0.29) is 6.10 Å². The summed E-state index contributed by atoms with van der Waals surface area (Å²) in [6, 6.07) is 0. The van der Waals surface area contributed by atoms with Crippen molar-refractivity contribution in [2.75, 3.05) is 0 Å². The van der Waals surface area contributed by atoms with Crippen LogP contribution in [-0.2, 0) is 6.54 Å². The largest absolute Gasteiger partial charge is 0.389 e. The van der Waals surface area contributed by atoms with Gasteiger partial charge in [-0.05, 0) is 31.3 Å². The van der Waals surface area contributed by atoms with Crippen LogP contribution in [0, 0.1) is 0 Å². The second-order valence-corrected chi connectivity index (χ2v) is 4.50. The fourth-order valence-corrected chi connectivity index (χ4v) is 2.19. The lowest BCUT2D eigenvalue weighted by atomic mass is 10.1. The van der Waals surface area contributed by atoms with Crippen LogP contribution in [0.5, 0.6) is 0 Å². The molecule has 88 valence electrons. The van der Waals surface area contributed by atoms with Crippen molar-refractivity contribution < 1.29 is 5.11 Å². The first-order chi connectivity index (χ1) is 7.79. The quantitative estimate of drug-likeness (QED) is 0.850. The molecule has 1 aromatic rings. The van der Waals surface area contributed by atoms with Gasteiger partial charge in [0.1, 0.15) is 0 Å². The average Bonchev–Trinajstić information content (AvgIpc) is 2.61. The van der Waals surface area contributed by atoms with Gasteiger partial charge >= 0.3 is 0 Å². The second kappa shape index (κ2) is 5.30. The van der Waals surface area contributed by atoms with Crippen LogP contribution in [0.4, 0.5) is 0 Å². The van der Waals surface area contributed by atoms with Crippen LogP contribution in [0.2, 0.25) is 0 Å². The number of rotatable bonds is 3. The molecule has 0 bridgehead atoms. The highest BCUT2D eigenvalue weighted by molar-refractivity contribution is 5.65. The van der Waals surface area contributed by atoms with Gasteiger partial charge in [-0.15, -0.1) is 0 Å². The molecule has 0 aromatic carbocycles. The number of allylic oxidation sites excluding steroid dienone is 1. The van der Waals surface area contributed by atoms with Gasteiger partial charge in [0.05, 0.1) is 12.3 Å². The van der Waals surface area contributed by atoms with Crippen molar-refractivity contribution in [1.29, 1.82) is 0 Å². The summed E-state index contributed by atoms with van der Waals surface area (Å²) < 4.78 is 1.98. The predicted octanol–water partition coefficient (Wildman–Crippen LogP) is 2.61. The summed E-state index contributed by atoms with van der Waals surface area (Å²) in [6.45, 7) is 3.12. The van der Waals surface area contributed by atoms with Gasteiger partial charge in [0.15, 0.2) is 0 Å². The van der Waals surface area contributed by atoms with Gasteiger partial charge in [0.25, 0.3) is 0 Å². The van der Waals surface area contributed by atoms with Crippen molar-refractivity contribution in [3.05, 3.63) is 24.0 Å². The molecule has 1 aromatic heterocycles. The highest BCUT2D eigenvalue weighted by atomic mass is 16.3. The maximum Gasteiger partial charge on any atom is 0.0726 e. The van der Waals surface area contributed by atoms with Crippen molar-refractivity contribution in [1.82, 2.24) is 9.78 Å². The molecule has 0 amide bonds. The Balaban J connectivity index is 2.14. The minimum absolute atomic E-state index is 0.271. The first-order valence-electron chi connectivity index (χ1n) is 6.21. The first kappa shape index (κ1) is 11.4. The monoisotopic (exact) mass is 220 g/mol. The Hall–Kier alpha value is -1.09. The molecule has 0 saturated carbocycles. The molecular formula is C13H20N2O. The summed E-state index contributed by atoms with van der Waals surface area (Å²) in [7, 11) is 0. The topological polar surface area (TPSA) is 38.0 Å². The van der Waals surface area contributed by atoms with Crippen molar-refractivity contribution in [2.45, 2.75) is 51.7 Å². The van der Waals surface area contributed by atoms with Gasteiger partial charge in [0.2, 0.25) is 0 Å². The SMILES string of the molecule is CCCn1cc(C2=CC(O)CCCC2)cn1. The molecule has 2 rings (SSSR count). The summed E-state index contributed by atoms with van der Waals surface area (Å²) in [4.78, 5) is 0. The van der Waals surface area contributed by atoms with Gasteiger partial charge < -0.3 is 5.11 Å². The van der Waals surface area contributed by atoms with Crippen LogP contribution in [0.15, 0.2) is 18.5 Å². The third-order valence-corrected chi connectivity index (χ3v) is 3.05. The van der Waals surface area contributed by atoms with Gasteiger partial charge in [0, 0.05) is 18.3 Å². The molecule has 1 atom stereocenters. The molecule has 0 saturated heterocycles. The predicted molar refractivity (Wildman–Crippen MR) is 65.0 cm³/mol. The highest BCUT2D eigenvalue weighted by Crippen LogP contribution is 2.25. The number of aryl methyl sites for hydroxylation is 1. The number of hydrogen-bond acceptors (Lipinski definition) is 2. The van der Waals surface area contributed by atoms with Gasteiger partial charge in [-0.25, -0.2) is 0 Å². The summed E-state index contributed by atoms with van der Waals surface area (Å²) in [5.74, 6) is 0. The van der Waals surface area contributed by atoms with Crippen LogP contribution >= 0.6 is 0 Å². The minimum Gasteiger partial charge on any atom is -0.389 e. The Bertz CT molecular complexity index is 368. The van der Waals surface area contributed by atoms with E-state index < -0.39 is 0 Å². The summed E-state index contributed by atoms with van der Waals surface area (Å²) >= 11 is 0. The van der Waals surface area contributed by atoms with Crippen LogP contribution in [-0.4, -0.2) is 21.0 Å². The number of aliphatic hydroxyl groups is 1. The summed E-state index contributed by atoms with van der Waals surface area (Å²) in [6.07, 6.45) is 11.1. The van der Waals surface area contributed by atoms with Gasteiger partial charge in [-0.2, -0.15) is 5.10 Å². The fourth-order valence-electron chi connectivity index (χ4n) is 2.19. The van der Waals surface area contributed by atoms with E-state index in [1.807, 2.05) is 17.0 Å². The number of aromatic nitrogens is 2. The number of hydrogen-bond donors (Lipinski definition) is 1. The smallest absolute Gasteiger partial charge is 0.0726 e. The van der Waals surface area contributed by atoms with Crippen molar-refractivity contribution in [3.8, 4) is 0 Å². The fraction of sp³-hybridized carbons (Fsp3) is 0.615. The van der Waals surface area contributed by atoms with Crippen LogP contribution in [0.25, 0.3) is 5.57 Å². The zero-order chi connectivity index (χ0) is 11.4. The van der Waals surface area contributed by atoms with Crippen molar-refractivity contribution in [3.63, 3.8) is 0 Å². The van der Waals surface area contributed by atoms with Crippen LogP contribution < -0.4 is 0 Å². The average molecular weight is 220 g/mol. The van der Waals surface area contributed by atoms with E-state index in [4.69, 9.17) is 0 Å². The van der Waals surface area contributed by atoms with Crippen molar-refractivity contribution >= 4 is 5.57 Å². The summed E-state index contributed by atoms with van der Waals surface area (Å²) in [5, 5.41) is 14.1. The third-order valence-electron chi connectivity index (χ3n) is 3.05. The minimum atomic E-state index is -0.271. The molecule has 0 aliphatic heterocycles. The molecule has 1 heterocycles. The maximum atomic E-state index is 9.73. The van der Waals surface area contributed by atoms with E-state index >= 15 is 0 Å². The van der Waals surface area contributed by atoms with Crippen LogP contribution in [0.3, 0.4) is 0 Å². The zero-order valence-electron chi connectivity index (χ0n) is 9.89. The molecule has 1 N–H and O–H groups in total. The second-order valence-electron chi connectivity index (χ2n) is 4.50. The normalized spacial score (nSPS) is 21.6. The van der Waals surface area contributed by atoms with E-state index in [0.29, 0.717) is 0 Å². The molecule has 3 nitrogen and oxygen atoms in total. The zero-order valence-corrected chi connectivity index (χ0v) is 9.89. The molecule has 0 spiro atoms. The molecule has 16 heavy (non-hydrogen) atoms. The lowest BCUT2D eigenvalue weighted by molar-refractivity contribution is 0.211. The summed E-state index contributed by atoms with van der Waals surface area (Å²) in [5.41, 5.74) is 2.43. The number of nitrogens with zero attached hydrogens (tertiary/aromatic N) is 2. The number of aliphatic hydroxyl groups excluding tert-OH is 1. The third kappa shape index (κ3) is 2.73. The molecular weight excluding hydrogens is 200 g/mol. The van der Waals surface area contributed by atoms with Gasteiger partial charge in [-0.3, -0.25) is 4.68 Å². The lowest BCUT2D eigenvalue weighted by Gasteiger charge is -2.03. The van der Waals surface area contributed by atoms with Crippen LogP contribution in [0.1, 0.15) is 44.6 Å². The molecule has 0 fully saturated rings. The standard InChI is InChI=1S/C13H20N2O/c1-2-7-15-10-12(9-14-15)11-5-3-4-6-13(16)8-11/h8-10,13,16H,2-7H2,1H3. The molecule has 1 aliphatic rings. The maximum absolute atomic E-state index is 9.73. The van der Waals surface area contributed by atoms with Crippen molar-refractivity contribution in [2.24, 2.45) is 0 Å². The Labute approximate surface area is 96.8 Å². The first-order valence-corrected chi connectivity index (χ1v) is 6.21. The highest BCUT2D eigenvalue weighted by Gasteiger charge is 2.12. The van der Waals surface area contributed by atoms with E-state index in [2.05, 4.69) is 18.2 Å². The van der Waals surface area contributed by atoms with E-state index in [1.165, 1.54) is 17.6 Å². The Morgan fingerprint density at radius 3 is 3.19 bits per heavy atom. The van der Waals surface area contributed by atoms with E-state index in [0.717, 1.165) is 32.2 Å². The molecule has 1 aliphatic carbocycles. The molecule has 0 radical (unpaired) electrons. The molecule has 3 heteroatoms.